The van der Waals surface area contributed by atoms with E-state index in [0.717, 1.165) is 180 Å². The van der Waals surface area contributed by atoms with E-state index in [1.807, 2.05) is 0 Å². The fourth-order valence-electron chi connectivity index (χ4n) is 10.4. The van der Waals surface area contributed by atoms with Crippen LogP contribution in [0.3, 0.4) is 0 Å². The Kier molecular flexibility index (Phi) is 70.4. The monoisotopic (exact) mass is 1450 g/mol. The van der Waals surface area contributed by atoms with Crippen LogP contribution in [-0.4, -0.2) is 96.7 Å². The maximum absolute atomic E-state index is 13.1. The van der Waals surface area contributed by atoms with Crippen LogP contribution >= 0.6 is 15.6 Å². The van der Waals surface area contributed by atoms with Gasteiger partial charge in [0.1, 0.15) is 19.3 Å². The van der Waals surface area contributed by atoms with E-state index in [1.54, 1.807) is 0 Å². The van der Waals surface area contributed by atoms with Gasteiger partial charge in [-0.15, -0.1) is 0 Å². The van der Waals surface area contributed by atoms with Crippen molar-refractivity contribution in [3.05, 3.63) is 97.2 Å². The van der Waals surface area contributed by atoms with Crippen LogP contribution in [0.4, 0.5) is 0 Å². The quantitative estimate of drug-likeness (QED) is 0.0169. The highest BCUT2D eigenvalue weighted by molar-refractivity contribution is 7.47. The van der Waals surface area contributed by atoms with Crippen LogP contribution < -0.4 is 0 Å². The van der Waals surface area contributed by atoms with Crippen LogP contribution in [0.2, 0.25) is 0 Å². The number of allylic oxidation sites excluding steroid dienone is 16. The summed E-state index contributed by atoms with van der Waals surface area (Å²) in [6, 6.07) is 0. The summed E-state index contributed by atoms with van der Waals surface area (Å²) in [5.74, 6) is -2.22. The number of hydrogen-bond donors (Lipinski definition) is 3. The fourth-order valence-corrected chi connectivity index (χ4v) is 12.0. The molecule has 0 aromatic heterocycles. The zero-order valence-electron chi connectivity index (χ0n) is 63.1. The van der Waals surface area contributed by atoms with E-state index in [0.29, 0.717) is 25.7 Å². The molecule has 0 radical (unpaired) electrons. The molecular weight excluding hydrogens is 1310 g/mol. The van der Waals surface area contributed by atoms with Crippen molar-refractivity contribution in [2.24, 2.45) is 0 Å². The number of aliphatic hydroxyl groups is 1. The van der Waals surface area contributed by atoms with Crippen molar-refractivity contribution in [2.75, 3.05) is 39.6 Å². The molecule has 19 heteroatoms. The molecular formula is C81H142O17P2. The van der Waals surface area contributed by atoms with Crippen LogP contribution in [0.15, 0.2) is 97.2 Å². The van der Waals surface area contributed by atoms with E-state index < -0.39 is 97.5 Å². The maximum Gasteiger partial charge on any atom is 0.472 e. The molecule has 0 saturated heterocycles. The Morgan fingerprint density at radius 2 is 0.490 bits per heavy atom. The summed E-state index contributed by atoms with van der Waals surface area (Å²) in [6.07, 6.45) is 76.6. The molecule has 0 heterocycles. The number of carbonyl (C=O) groups excluding carboxylic acids is 4. The molecule has 0 rings (SSSR count). The molecule has 0 aromatic rings. The molecule has 3 N–H and O–H groups in total. The number of aliphatic hydroxyl groups excluding tert-OH is 1. The fraction of sp³-hybridized carbons (Fsp3) is 0.753. The Balaban J connectivity index is 5.40. The van der Waals surface area contributed by atoms with E-state index >= 15 is 0 Å². The lowest BCUT2D eigenvalue weighted by Gasteiger charge is -2.21. The largest absolute Gasteiger partial charge is 0.472 e. The zero-order chi connectivity index (χ0) is 73.2. The molecule has 0 saturated carbocycles. The predicted molar refractivity (Wildman–Crippen MR) is 409 cm³/mol. The van der Waals surface area contributed by atoms with Crippen LogP contribution in [0.1, 0.15) is 336 Å². The molecule has 0 spiro atoms. The van der Waals surface area contributed by atoms with Crippen molar-refractivity contribution in [1.82, 2.24) is 0 Å². The van der Waals surface area contributed by atoms with Gasteiger partial charge in [-0.2, -0.15) is 0 Å². The summed E-state index contributed by atoms with van der Waals surface area (Å²) < 4.78 is 68.5. The first-order chi connectivity index (χ1) is 48.7. The highest BCUT2D eigenvalue weighted by atomic mass is 31.2. The van der Waals surface area contributed by atoms with Gasteiger partial charge in [0.2, 0.25) is 0 Å². The molecule has 5 atom stereocenters. The summed E-state index contributed by atoms with van der Waals surface area (Å²) in [7, 11) is -9.97. The van der Waals surface area contributed by atoms with Crippen molar-refractivity contribution >= 4 is 39.5 Å². The van der Waals surface area contributed by atoms with Gasteiger partial charge in [0.25, 0.3) is 0 Å². The standard InChI is InChI=1S/C81H142O17P2/c1-5-9-13-17-21-25-29-33-37-41-45-49-53-57-61-65-78(83)91-71-76(97-80(85)67-63-59-55-51-47-43-39-35-31-27-23-19-15-11-7-3)73-95-99(87,88)93-69-75(82)70-94-100(89,90)96-74-77(98-81(86)68-64-60-56-52-48-44-40-36-32-28-24-20-16-12-8-4)72-92-79(84)66-62-58-54-50-46-42-38-34-30-26-22-18-14-10-6-2/h21-28,33-40,75-77,82H,5-20,29-32,41-74H2,1-4H3,(H,87,88)(H,89,90)/b25-21+,26-22+,27-23-,28-24+,37-33+,38-34+,39-35+,40-36+/t75?,76-,77-/m1/s1. The average molecular weight is 1450 g/mol. The highest BCUT2D eigenvalue weighted by Gasteiger charge is 2.30. The molecule has 578 valence electrons. The Morgan fingerprint density at radius 3 is 0.740 bits per heavy atom. The van der Waals surface area contributed by atoms with Crippen LogP contribution in [-0.2, 0) is 65.4 Å². The summed E-state index contributed by atoms with van der Waals surface area (Å²) >= 11 is 0. The van der Waals surface area contributed by atoms with Gasteiger partial charge in [0, 0.05) is 25.7 Å². The predicted octanol–water partition coefficient (Wildman–Crippen LogP) is 22.8. The lowest BCUT2D eigenvalue weighted by atomic mass is 10.1. The second-order valence-electron chi connectivity index (χ2n) is 26.3. The molecule has 0 bridgehead atoms. The third kappa shape index (κ3) is 72.3. The Labute approximate surface area is 607 Å². The van der Waals surface area contributed by atoms with E-state index in [1.165, 1.54) is 77.0 Å². The van der Waals surface area contributed by atoms with Gasteiger partial charge in [-0.25, -0.2) is 9.13 Å². The van der Waals surface area contributed by atoms with Crippen molar-refractivity contribution in [3.63, 3.8) is 0 Å². The number of unbranched alkanes of at least 4 members (excludes halogenated alkanes) is 32. The highest BCUT2D eigenvalue weighted by Crippen LogP contribution is 2.45. The van der Waals surface area contributed by atoms with Gasteiger partial charge in [-0.05, 0) is 154 Å². The van der Waals surface area contributed by atoms with Gasteiger partial charge < -0.3 is 33.8 Å². The van der Waals surface area contributed by atoms with E-state index in [9.17, 15) is 43.2 Å². The molecule has 0 aliphatic carbocycles. The van der Waals surface area contributed by atoms with Gasteiger partial charge in [-0.1, -0.05) is 253 Å². The third-order valence-electron chi connectivity index (χ3n) is 16.5. The van der Waals surface area contributed by atoms with Crippen LogP contribution in [0.5, 0.6) is 0 Å². The Morgan fingerprint density at radius 1 is 0.280 bits per heavy atom. The van der Waals surface area contributed by atoms with Gasteiger partial charge >= 0.3 is 39.5 Å². The minimum absolute atomic E-state index is 0.0756. The molecule has 3 unspecified atom stereocenters. The summed E-state index contributed by atoms with van der Waals surface area (Å²) in [5, 5.41) is 10.6. The molecule has 100 heavy (non-hydrogen) atoms. The molecule has 0 aromatic carbocycles. The number of carbonyl (C=O) groups is 4. The first-order valence-corrected chi connectivity index (χ1v) is 42.5. The third-order valence-corrected chi connectivity index (χ3v) is 18.4. The number of phosphoric ester groups is 2. The first-order valence-electron chi connectivity index (χ1n) is 39.5. The first kappa shape index (κ1) is 96.0. The molecule has 0 fully saturated rings. The van der Waals surface area contributed by atoms with E-state index in [2.05, 4.69) is 125 Å². The van der Waals surface area contributed by atoms with Gasteiger partial charge in [0.05, 0.1) is 26.4 Å². The number of phosphoric acid groups is 2. The summed E-state index contributed by atoms with van der Waals surface area (Å²) in [4.78, 5) is 72.9. The normalized spacial score (nSPS) is 14.4. The maximum atomic E-state index is 13.1. The van der Waals surface area contributed by atoms with Crippen molar-refractivity contribution in [3.8, 4) is 0 Å². The lowest BCUT2D eigenvalue weighted by Crippen LogP contribution is -2.30. The van der Waals surface area contributed by atoms with Gasteiger partial charge in [0.15, 0.2) is 12.2 Å². The van der Waals surface area contributed by atoms with E-state index in [4.69, 9.17) is 37.0 Å². The minimum Gasteiger partial charge on any atom is -0.462 e. The topological polar surface area (TPSA) is 237 Å². The van der Waals surface area contributed by atoms with Gasteiger partial charge in [-0.3, -0.25) is 37.3 Å². The van der Waals surface area contributed by atoms with Crippen LogP contribution in [0.25, 0.3) is 0 Å². The average Bonchev–Trinajstić information content (AvgIpc) is 1.25. The minimum atomic E-state index is -4.98. The smallest absolute Gasteiger partial charge is 0.462 e. The number of ether oxygens (including phenoxy) is 4. The molecule has 0 aliphatic heterocycles. The molecule has 0 aliphatic rings. The molecule has 17 nitrogen and oxygen atoms in total. The number of hydrogen-bond acceptors (Lipinski definition) is 15. The van der Waals surface area contributed by atoms with E-state index in [-0.39, 0.29) is 25.7 Å². The SMILES string of the molecule is CCCCC/C=C\C/C=C/CCCCCCCC(=O)O[C@H](COC(=O)CCCCCCC/C=C/C/C=C/CCCCC)COP(=O)(O)OCC(O)COP(=O)(O)OC[C@@H](COC(=O)CCCCCCC/C=C/C/C=C/CCCCC)OC(=O)CCCCCCC/C=C/C/C=C/CCCCC. The van der Waals surface area contributed by atoms with Crippen molar-refractivity contribution in [2.45, 2.75) is 354 Å². The Hall–Kier alpha value is -4.02. The molecule has 0 amide bonds. The number of rotatable bonds is 74. The summed E-state index contributed by atoms with van der Waals surface area (Å²) in [5.41, 5.74) is 0. The Bertz CT molecular complexity index is 2120. The second kappa shape index (κ2) is 73.3. The van der Waals surface area contributed by atoms with Crippen LogP contribution in [0, 0.1) is 0 Å². The zero-order valence-corrected chi connectivity index (χ0v) is 64.9. The lowest BCUT2D eigenvalue weighted by molar-refractivity contribution is -0.161. The summed E-state index contributed by atoms with van der Waals surface area (Å²) in [6.45, 7) is 4.74. The second-order valence-corrected chi connectivity index (χ2v) is 29.2. The number of esters is 4. The van der Waals surface area contributed by atoms with Crippen molar-refractivity contribution < 1.29 is 80.2 Å². The van der Waals surface area contributed by atoms with Crippen molar-refractivity contribution in [1.29, 1.82) is 0 Å².